The van der Waals surface area contributed by atoms with Gasteiger partial charge >= 0.3 is 0 Å². The second-order valence-electron chi connectivity index (χ2n) is 12.7. The molecule has 2 aromatic carbocycles. The van der Waals surface area contributed by atoms with Crippen LogP contribution in [0.15, 0.2) is 65.9 Å². The molecule has 0 aromatic heterocycles. The predicted molar refractivity (Wildman–Crippen MR) is 186 cm³/mol. The van der Waals surface area contributed by atoms with Crippen molar-refractivity contribution in [3.05, 3.63) is 77.4 Å². The van der Waals surface area contributed by atoms with Crippen molar-refractivity contribution in [2.45, 2.75) is 82.7 Å². The molecule has 46 heavy (non-hydrogen) atoms. The molecule has 0 radical (unpaired) electrons. The van der Waals surface area contributed by atoms with Crippen molar-refractivity contribution < 1.29 is 29.3 Å². The highest BCUT2D eigenvalue weighted by Crippen LogP contribution is 2.62. The summed E-state index contributed by atoms with van der Waals surface area (Å²) in [6, 6.07) is 12.4. The molecule has 1 saturated carbocycles. The molecule has 6 unspecified atom stereocenters. The van der Waals surface area contributed by atoms with Crippen LogP contribution >= 0.6 is 11.8 Å². The van der Waals surface area contributed by atoms with Gasteiger partial charge in [0.05, 0.1) is 23.5 Å². The van der Waals surface area contributed by atoms with Gasteiger partial charge in [-0.3, -0.25) is 0 Å². The zero-order valence-corrected chi connectivity index (χ0v) is 28.7. The van der Waals surface area contributed by atoms with Crippen molar-refractivity contribution in [2.24, 2.45) is 22.9 Å². The molecule has 5 rings (SSSR count). The second-order valence-corrected chi connectivity index (χ2v) is 14.2. The van der Waals surface area contributed by atoms with E-state index in [9.17, 15) is 10.2 Å². The summed E-state index contributed by atoms with van der Waals surface area (Å²) in [5.41, 5.74) is 5.63. The van der Waals surface area contributed by atoms with Gasteiger partial charge in [-0.05, 0) is 104 Å². The lowest BCUT2D eigenvalue weighted by Crippen LogP contribution is -2.64. The van der Waals surface area contributed by atoms with Crippen molar-refractivity contribution >= 4 is 17.5 Å². The van der Waals surface area contributed by atoms with E-state index in [0.717, 1.165) is 78.4 Å². The van der Waals surface area contributed by atoms with Gasteiger partial charge in [-0.25, -0.2) is 0 Å². The highest BCUT2D eigenvalue weighted by molar-refractivity contribution is 8.00. The lowest BCUT2D eigenvalue weighted by Gasteiger charge is -2.58. The van der Waals surface area contributed by atoms with Gasteiger partial charge in [0, 0.05) is 31.1 Å². The smallest absolute Gasteiger partial charge is 0.230 e. The quantitative estimate of drug-likeness (QED) is 0.108. The number of aliphatic hydroxyl groups excluding tert-OH is 2. The third kappa shape index (κ3) is 7.05. The molecule has 2 N–H and O–H groups in total. The molecule has 1 heterocycles. The number of thioether (sulfide) groups is 1. The minimum Gasteiger partial charge on any atom is -0.460 e. The van der Waals surface area contributed by atoms with Crippen LogP contribution in [0.5, 0.6) is 17.2 Å². The van der Waals surface area contributed by atoms with Crippen LogP contribution in [0.25, 0.3) is 0 Å². The lowest BCUT2D eigenvalue weighted by molar-refractivity contribution is -0.223. The monoisotopic (exact) mass is 649 g/mol. The SMILES string of the molecule is C=CCOC12Oc3ccc(Oc4ccc(C)c(C)c4)cc3C3C(CCCCO)C(CCCCO)C=C(C(=NOC)CC1SCC)C32. The summed E-state index contributed by atoms with van der Waals surface area (Å²) in [5.74, 6) is 2.83. The molecule has 2 aliphatic carbocycles. The summed E-state index contributed by atoms with van der Waals surface area (Å²) in [5, 5.41) is 24.0. The first kappa shape index (κ1) is 34.6. The Morgan fingerprint density at radius 2 is 1.76 bits per heavy atom. The molecule has 250 valence electrons. The van der Waals surface area contributed by atoms with Crippen LogP contribution in [0.4, 0.5) is 0 Å². The van der Waals surface area contributed by atoms with Crippen LogP contribution in [-0.4, -0.2) is 59.6 Å². The number of ether oxygens (including phenoxy) is 3. The Hall–Kier alpha value is -2.78. The summed E-state index contributed by atoms with van der Waals surface area (Å²) >= 11 is 1.84. The van der Waals surface area contributed by atoms with Crippen molar-refractivity contribution in [2.75, 3.05) is 32.7 Å². The fourth-order valence-electron chi connectivity index (χ4n) is 7.76. The van der Waals surface area contributed by atoms with Gasteiger partial charge in [-0.15, -0.1) is 6.58 Å². The van der Waals surface area contributed by atoms with Crippen LogP contribution in [0.3, 0.4) is 0 Å². The van der Waals surface area contributed by atoms with Crippen LogP contribution in [0, 0.1) is 31.6 Å². The number of hydrogen-bond donors (Lipinski definition) is 2. The number of unbranched alkanes of at least 4 members (excludes halogenated alkanes) is 2. The molecule has 6 atom stereocenters. The molecule has 1 aliphatic heterocycles. The maximum Gasteiger partial charge on any atom is 0.230 e. The Morgan fingerprint density at radius 3 is 2.46 bits per heavy atom. The highest BCUT2D eigenvalue weighted by Gasteiger charge is 2.63. The van der Waals surface area contributed by atoms with Gasteiger partial charge in [0.2, 0.25) is 5.79 Å². The summed E-state index contributed by atoms with van der Waals surface area (Å²) in [6.45, 7) is 11.1. The van der Waals surface area contributed by atoms with Gasteiger partial charge in [0.1, 0.15) is 24.4 Å². The van der Waals surface area contributed by atoms with Crippen molar-refractivity contribution in [1.29, 1.82) is 0 Å². The maximum absolute atomic E-state index is 9.76. The topological polar surface area (TPSA) is 89.7 Å². The number of oxime groups is 1. The third-order valence-electron chi connectivity index (χ3n) is 9.90. The van der Waals surface area contributed by atoms with Crippen molar-refractivity contribution in [1.82, 2.24) is 0 Å². The Kier molecular flexibility index (Phi) is 11.9. The van der Waals surface area contributed by atoms with Crippen molar-refractivity contribution in [3.63, 3.8) is 0 Å². The average Bonchev–Trinajstić information content (AvgIpc) is 3.05. The Labute approximate surface area is 279 Å². The number of fused-ring (bicyclic) bond motifs is 2. The minimum absolute atomic E-state index is 0.0142. The molecule has 1 fully saturated rings. The van der Waals surface area contributed by atoms with Crippen LogP contribution in [0.2, 0.25) is 0 Å². The number of benzene rings is 2. The average molecular weight is 650 g/mol. The number of aliphatic hydroxyl groups is 2. The van der Waals surface area contributed by atoms with E-state index >= 15 is 0 Å². The molecule has 0 amide bonds. The normalized spacial score (nSPS) is 27.3. The summed E-state index contributed by atoms with van der Waals surface area (Å²) < 4.78 is 20.5. The summed E-state index contributed by atoms with van der Waals surface area (Å²) in [4.78, 5) is 5.47. The molecule has 3 aliphatic rings. The summed E-state index contributed by atoms with van der Waals surface area (Å²) in [7, 11) is 1.62. The fraction of sp³-hybridized carbons (Fsp3) is 0.553. The van der Waals surface area contributed by atoms with E-state index in [1.807, 2.05) is 23.9 Å². The molecular formula is C38H51NO6S. The molecule has 7 nitrogen and oxygen atoms in total. The molecule has 0 bridgehead atoms. The maximum atomic E-state index is 9.76. The van der Waals surface area contributed by atoms with Crippen LogP contribution in [0.1, 0.15) is 74.5 Å². The van der Waals surface area contributed by atoms with E-state index in [1.54, 1.807) is 13.2 Å². The lowest BCUT2D eigenvalue weighted by atomic mass is 9.56. The standard InChI is InChI=1S/C38H51NO6S/c1-6-20-43-38-35(46-7-2)24-33(39-42-5)31-22-27(12-8-10-18-40)30(13-9-11-19-41)36(37(31)38)32-23-29(16-17-34(32)45-38)44-28-15-14-25(3)26(4)21-28/h6,14-17,21-23,27,30,35-37,40-41H,1,7-13,18-20,24H2,2-5H3. The zero-order chi connectivity index (χ0) is 32.7. The second kappa shape index (κ2) is 15.9. The Bertz CT molecular complexity index is 1410. The van der Waals surface area contributed by atoms with E-state index < -0.39 is 5.79 Å². The van der Waals surface area contributed by atoms with E-state index in [0.29, 0.717) is 13.0 Å². The van der Waals surface area contributed by atoms with E-state index in [1.165, 1.54) is 11.1 Å². The predicted octanol–water partition coefficient (Wildman–Crippen LogP) is 8.11. The molecular weight excluding hydrogens is 598 g/mol. The zero-order valence-electron chi connectivity index (χ0n) is 27.9. The number of rotatable bonds is 16. The Balaban J connectivity index is 1.70. The molecule has 2 aromatic rings. The third-order valence-corrected chi connectivity index (χ3v) is 11.1. The van der Waals surface area contributed by atoms with Gasteiger partial charge < -0.3 is 29.3 Å². The first-order valence-electron chi connectivity index (χ1n) is 16.9. The van der Waals surface area contributed by atoms with Crippen LogP contribution < -0.4 is 9.47 Å². The molecule has 8 heteroatoms. The summed E-state index contributed by atoms with van der Waals surface area (Å²) in [6.07, 6.45) is 10.2. The van der Waals surface area contributed by atoms with Gasteiger partial charge in [-0.1, -0.05) is 43.1 Å². The van der Waals surface area contributed by atoms with E-state index in [-0.39, 0.29) is 42.1 Å². The van der Waals surface area contributed by atoms with Gasteiger partial charge in [0.15, 0.2) is 0 Å². The number of aryl methyl sites for hydroxylation is 2. The van der Waals surface area contributed by atoms with E-state index in [2.05, 4.69) is 62.8 Å². The molecule has 0 spiro atoms. The van der Waals surface area contributed by atoms with Crippen molar-refractivity contribution in [3.8, 4) is 17.2 Å². The minimum atomic E-state index is -0.924. The largest absolute Gasteiger partial charge is 0.460 e. The fourth-order valence-corrected chi connectivity index (χ4v) is 8.94. The number of nitrogens with zero attached hydrogens (tertiary/aromatic N) is 1. The van der Waals surface area contributed by atoms with E-state index in [4.69, 9.17) is 19.0 Å². The van der Waals surface area contributed by atoms with Gasteiger partial charge in [-0.2, -0.15) is 11.8 Å². The molecule has 0 saturated heterocycles. The first-order chi connectivity index (χ1) is 22.4. The number of allylic oxidation sites excluding steroid dienone is 1. The van der Waals surface area contributed by atoms with Crippen LogP contribution in [-0.2, 0) is 9.57 Å². The Morgan fingerprint density at radius 1 is 1.02 bits per heavy atom. The highest BCUT2D eigenvalue weighted by atomic mass is 32.2. The first-order valence-corrected chi connectivity index (χ1v) is 17.9. The number of hydrogen-bond acceptors (Lipinski definition) is 8. The van der Waals surface area contributed by atoms with Gasteiger partial charge in [0.25, 0.3) is 0 Å².